The average Bonchev–Trinajstić information content (AvgIpc) is 2.61. The number of rotatable bonds is 6. The third-order valence-corrected chi connectivity index (χ3v) is 4.57. The van der Waals surface area contributed by atoms with Crippen LogP contribution in [0.3, 0.4) is 0 Å². The minimum atomic E-state index is -1.22. The molecule has 1 aliphatic carbocycles. The molecule has 0 radical (unpaired) electrons. The zero-order chi connectivity index (χ0) is 18.4. The number of hydrogen-bond donors (Lipinski definition) is 2. The summed E-state index contributed by atoms with van der Waals surface area (Å²) in [6.07, 6.45) is 2.35. The SMILES string of the molecule is COc1cc(C#N)ccc1OCC(=O)NC1(C(=O)O)CCC(C)CC1. The lowest BCUT2D eigenvalue weighted by atomic mass is 9.77. The molecule has 1 amide bonds. The fraction of sp³-hybridized carbons (Fsp3) is 0.500. The predicted octanol–water partition coefficient (Wildman–Crippen LogP) is 2.10. The molecule has 1 saturated carbocycles. The van der Waals surface area contributed by atoms with Gasteiger partial charge in [0.2, 0.25) is 0 Å². The van der Waals surface area contributed by atoms with Gasteiger partial charge in [0.25, 0.3) is 5.91 Å². The first-order valence-electron chi connectivity index (χ1n) is 8.15. The number of carbonyl (C=O) groups is 2. The van der Waals surface area contributed by atoms with Crippen molar-refractivity contribution >= 4 is 11.9 Å². The number of hydrogen-bond acceptors (Lipinski definition) is 5. The maximum Gasteiger partial charge on any atom is 0.329 e. The molecule has 0 heterocycles. The van der Waals surface area contributed by atoms with Crippen LogP contribution in [0.2, 0.25) is 0 Å². The van der Waals surface area contributed by atoms with Gasteiger partial charge < -0.3 is 19.9 Å². The Kier molecular flexibility index (Phi) is 5.86. The van der Waals surface area contributed by atoms with E-state index in [1.165, 1.54) is 13.2 Å². The number of nitriles is 1. The second kappa shape index (κ2) is 7.88. The minimum Gasteiger partial charge on any atom is -0.493 e. The molecule has 0 spiro atoms. The van der Waals surface area contributed by atoms with Crippen LogP contribution in [-0.4, -0.2) is 36.2 Å². The van der Waals surface area contributed by atoms with Gasteiger partial charge in [-0.1, -0.05) is 6.92 Å². The zero-order valence-corrected chi connectivity index (χ0v) is 14.4. The first-order chi connectivity index (χ1) is 11.9. The molecule has 134 valence electrons. The minimum absolute atomic E-state index is 0.318. The van der Waals surface area contributed by atoms with Gasteiger partial charge in [-0.15, -0.1) is 0 Å². The van der Waals surface area contributed by atoms with Crippen molar-refractivity contribution < 1.29 is 24.2 Å². The number of carboxylic acid groups (broad SMARTS) is 1. The second-order valence-corrected chi connectivity index (χ2v) is 6.38. The van der Waals surface area contributed by atoms with Crippen LogP contribution < -0.4 is 14.8 Å². The van der Waals surface area contributed by atoms with Crippen LogP contribution in [0.1, 0.15) is 38.2 Å². The molecule has 2 rings (SSSR count). The number of ether oxygens (including phenoxy) is 2. The fourth-order valence-corrected chi connectivity index (χ4v) is 2.95. The molecule has 0 aromatic heterocycles. The van der Waals surface area contributed by atoms with Gasteiger partial charge >= 0.3 is 5.97 Å². The van der Waals surface area contributed by atoms with Crippen LogP contribution in [0.25, 0.3) is 0 Å². The Balaban J connectivity index is 2.00. The number of aliphatic carboxylic acids is 1. The Hall–Kier alpha value is -2.75. The van der Waals surface area contributed by atoms with Crippen molar-refractivity contribution in [3.63, 3.8) is 0 Å². The molecule has 7 nitrogen and oxygen atoms in total. The number of methoxy groups -OCH3 is 1. The molecule has 1 aromatic carbocycles. The van der Waals surface area contributed by atoms with Gasteiger partial charge in [-0.3, -0.25) is 4.79 Å². The van der Waals surface area contributed by atoms with Crippen molar-refractivity contribution in [3.05, 3.63) is 23.8 Å². The molecule has 1 aliphatic rings. The van der Waals surface area contributed by atoms with Gasteiger partial charge in [-0.05, 0) is 43.7 Å². The van der Waals surface area contributed by atoms with E-state index in [0.717, 1.165) is 12.8 Å². The van der Waals surface area contributed by atoms with Gasteiger partial charge in [0.1, 0.15) is 5.54 Å². The summed E-state index contributed by atoms with van der Waals surface area (Å²) in [4.78, 5) is 23.9. The molecule has 7 heteroatoms. The molecule has 0 atom stereocenters. The van der Waals surface area contributed by atoms with Crippen LogP contribution in [0.4, 0.5) is 0 Å². The molecule has 1 fully saturated rings. The molecule has 0 unspecified atom stereocenters. The second-order valence-electron chi connectivity index (χ2n) is 6.38. The van der Waals surface area contributed by atoms with E-state index in [9.17, 15) is 14.7 Å². The summed E-state index contributed by atoms with van der Waals surface area (Å²) < 4.78 is 10.6. The third-order valence-electron chi connectivity index (χ3n) is 4.57. The van der Waals surface area contributed by atoms with Gasteiger partial charge in [-0.2, -0.15) is 5.26 Å². The summed E-state index contributed by atoms with van der Waals surface area (Å²) in [5.41, 5.74) is -0.809. The van der Waals surface area contributed by atoms with Gasteiger partial charge in [-0.25, -0.2) is 4.79 Å². The predicted molar refractivity (Wildman–Crippen MR) is 89.3 cm³/mol. The lowest BCUT2D eigenvalue weighted by molar-refractivity contribution is -0.150. The molecular formula is C18H22N2O5. The Labute approximate surface area is 146 Å². The lowest BCUT2D eigenvalue weighted by Crippen LogP contribution is -2.57. The van der Waals surface area contributed by atoms with Crippen molar-refractivity contribution in [1.82, 2.24) is 5.32 Å². The van der Waals surface area contributed by atoms with Crippen molar-refractivity contribution in [2.24, 2.45) is 5.92 Å². The van der Waals surface area contributed by atoms with Crippen LogP contribution in [0.5, 0.6) is 11.5 Å². The van der Waals surface area contributed by atoms with Crippen LogP contribution in [-0.2, 0) is 9.59 Å². The highest BCUT2D eigenvalue weighted by Gasteiger charge is 2.42. The van der Waals surface area contributed by atoms with Crippen LogP contribution in [0, 0.1) is 17.2 Å². The first kappa shape index (κ1) is 18.6. The summed E-state index contributed by atoms with van der Waals surface area (Å²) in [6.45, 7) is 1.75. The van der Waals surface area contributed by atoms with E-state index in [1.807, 2.05) is 6.07 Å². The van der Waals surface area contributed by atoms with E-state index < -0.39 is 17.4 Å². The van der Waals surface area contributed by atoms with Crippen molar-refractivity contribution in [2.45, 2.75) is 38.1 Å². The van der Waals surface area contributed by atoms with E-state index in [0.29, 0.717) is 35.8 Å². The summed E-state index contributed by atoms with van der Waals surface area (Å²) in [6, 6.07) is 6.59. The first-order valence-corrected chi connectivity index (χ1v) is 8.15. The van der Waals surface area contributed by atoms with Crippen molar-refractivity contribution in [1.29, 1.82) is 5.26 Å². The standard InChI is InChI=1S/C18H22N2O5/c1-12-5-7-18(8-6-12,17(22)23)20-16(21)11-25-14-4-3-13(10-19)9-15(14)24-2/h3-4,9,12H,5-8,11H2,1-2H3,(H,20,21)(H,22,23). The number of carbonyl (C=O) groups excluding carboxylic acids is 1. The normalized spacial score (nSPS) is 22.5. The smallest absolute Gasteiger partial charge is 0.329 e. The maximum absolute atomic E-state index is 12.2. The highest BCUT2D eigenvalue weighted by molar-refractivity contribution is 5.87. The monoisotopic (exact) mass is 346 g/mol. The molecule has 0 saturated heterocycles. The largest absolute Gasteiger partial charge is 0.493 e. The number of nitrogens with one attached hydrogen (secondary N) is 1. The average molecular weight is 346 g/mol. The molecule has 2 N–H and O–H groups in total. The van der Waals surface area contributed by atoms with Crippen molar-refractivity contribution in [2.75, 3.05) is 13.7 Å². The molecule has 25 heavy (non-hydrogen) atoms. The van der Waals surface area contributed by atoms with E-state index in [-0.39, 0.29) is 6.61 Å². The summed E-state index contributed by atoms with van der Waals surface area (Å²) >= 11 is 0. The topological polar surface area (TPSA) is 109 Å². The lowest BCUT2D eigenvalue weighted by Gasteiger charge is -2.36. The Bertz CT molecular complexity index is 687. The molecule has 0 aliphatic heterocycles. The Morgan fingerprint density at radius 2 is 2.04 bits per heavy atom. The fourth-order valence-electron chi connectivity index (χ4n) is 2.95. The van der Waals surface area contributed by atoms with Gasteiger partial charge in [0.05, 0.1) is 18.7 Å². The maximum atomic E-state index is 12.2. The highest BCUT2D eigenvalue weighted by atomic mass is 16.5. The van der Waals surface area contributed by atoms with Crippen LogP contribution in [0.15, 0.2) is 18.2 Å². The van der Waals surface area contributed by atoms with Crippen molar-refractivity contribution in [3.8, 4) is 17.6 Å². The Morgan fingerprint density at radius 3 is 2.60 bits per heavy atom. The quantitative estimate of drug-likeness (QED) is 0.816. The number of nitrogens with zero attached hydrogens (tertiary/aromatic N) is 1. The van der Waals surface area contributed by atoms with Gasteiger partial charge in [0.15, 0.2) is 18.1 Å². The molecule has 1 aromatic rings. The van der Waals surface area contributed by atoms with E-state index >= 15 is 0 Å². The summed E-state index contributed by atoms with van der Waals surface area (Å²) in [5, 5.41) is 21.1. The van der Waals surface area contributed by atoms with E-state index in [1.54, 1.807) is 12.1 Å². The number of carboxylic acids is 1. The summed E-state index contributed by atoms with van der Waals surface area (Å²) in [7, 11) is 1.44. The van der Waals surface area contributed by atoms with Gasteiger partial charge in [0, 0.05) is 6.07 Å². The van der Waals surface area contributed by atoms with Crippen LogP contribution >= 0.6 is 0 Å². The molecular weight excluding hydrogens is 324 g/mol. The Morgan fingerprint density at radius 1 is 1.36 bits per heavy atom. The number of benzene rings is 1. The van der Waals surface area contributed by atoms with E-state index in [2.05, 4.69) is 12.2 Å². The third kappa shape index (κ3) is 4.41. The number of amides is 1. The summed E-state index contributed by atoms with van der Waals surface area (Å²) in [5.74, 6) is -0.389. The highest BCUT2D eigenvalue weighted by Crippen LogP contribution is 2.32. The zero-order valence-electron chi connectivity index (χ0n) is 14.4. The van der Waals surface area contributed by atoms with E-state index in [4.69, 9.17) is 14.7 Å². The molecule has 0 bridgehead atoms.